The molecule has 1 aliphatic rings. The van der Waals surface area contributed by atoms with Gasteiger partial charge in [-0.3, -0.25) is 0 Å². The predicted molar refractivity (Wildman–Crippen MR) is 83.2 cm³/mol. The van der Waals surface area contributed by atoms with Crippen molar-refractivity contribution in [2.75, 3.05) is 24.5 Å². The first-order chi connectivity index (χ1) is 9.63. The van der Waals surface area contributed by atoms with Gasteiger partial charge >= 0.3 is 0 Å². The molecule has 0 amide bonds. The van der Waals surface area contributed by atoms with Gasteiger partial charge in [-0.25, -0.2) is 0 Å². The fraction of sp³-hybridized carbons (Fsp3) is 0.200. The van der Waals surface area contributed by atoms with E-state index < -0.39 is 0 Å². The van der Waals surface area contributed by atoms with E-state index in [4.69, 9.17) is 15.2 Å². The molecule has 2 aromatic rings. The van der Waals surface area contributed by atoms with Crippen molar-refractivity contribution in [3.8, 4) is 11.5 Å². The molecule has 0 radical (unpaired) electrons. The summed E-state index contributed by atoms with van der Waals surface area (Å²) in [4.78, 5) is 2.11. The number of nitrogens with zero attached hydrogens (tertiary/aromatic N) is 1. The highest BCUT2D eigenvalue weighted by molar-refractivity contribution is 9.10. The van der Waals surface area contributed by atoms with Crippen LogP contribution in [0.3, 0.4) is 0 Å². The predicted octanol–water partition coefficient (Wildman–Crippen LogP) is 3.40. The number of anilines is 2. The number of benzene rings is 2. The molecule has 0 atom stereocenters. The quantitative estimate of drug-likeness (QED) is 0.874. The second kappa shape index (κ2) is 5.25. The molecule has 104 valence electrons. The highest BCUT2D eigenvalue weighted by atomic mass is 79.9. The first-order valence-electron chi connectivity index (χ1n) is 6.28. The molecule has 0 spiro atoms. The number of rotatable bonds is 3. The number of hydrogen-bond donors (Lipinski definition) is 1. The van der Waals surface area contributed by atoms with Crippen molar-refractivity contribution in [3.63, 3.8) is 0 Å². The van der Waals surface area contributed by atoms with Gasteiger partial charge in [0.15, 0.2) is 11.5 Å². The molecule has 0 unspecified atom stereocenters. The molecule has 1 heterocycles. The topological polar surface area (TPSA) is 47.7 Å². The zero-order valence-corrected chi connectivity index (χ0v) is 12.7. The Morgan fingerprint density at radius 2 is 1.95 bits per heavy atom. The first-order valence-corrected chi connectivity index (χ1v) is 7.07. The van der Waals surface area contributed by atoms with Crippen molar-refractivity contribution in [2.24, 2.45) is 0 Å². The van der Waals surface area contributed by atoms with Crippen molar-refractivity contribution in [2.45, 2.75) is 6.54 Å². The molecule has 2 aromatic carbocycles. The number of halogens is 1. The number of ether oxygens (including phenoxy) is 2. The second-order valence-electron chi connectivity index (χ2n) is 4.75. The van der Waals surface area contributed by atoms with Gasteiger partial charge < -0.3 is 20.1 Å². The van der Waals surface area contributed by atoms with Gasteiger partial charge in [0.05, 0.1) is 11.4 Å². The normalized spacial score (nSPS) is 12.5. The van der Waals surface area contributed by atoms with E-state index in [2.05, 4.69) is 20.8 Å². The Labute approximate surface area is 126 Å². The molecule has 1 aliphatic heterocycles. The van der Waals surface area contributed by atoms with E-state index in [9.17, 15) is 0 Å². The van der Waals surface area contributed by atoms with Crippen LogP contribution in [0.1, 0.15) is 5.56 Å². The molecule has 0 aromatic heterocycles. The lowest BCUT2D eigenvalue weighted by Crippen LogP contribution is -2.17. The standard InChI is InChI=1S/C15H15BrN2O2/c1-18(13-4-3-11(16)7-12(13)17)8-10-2-5-14-15(6-10)20-9-19-14/h2-7H,8-9,17H2,1H3. The first kappa shape index (κ1) is 13.1. The molecule has 0 saturated carbocycles. The third kappa shape index (κ3) is 2.54. The number of fused-ring (bicyclic) bond motifs is 1. The Morgan fingerprint density at radius 1 is 1.15 bits per heavy atom. The molecule has 5 heteroatoms. The molecular weight excluding hydrogens is 320 g/mol. The van der Waals surface area contributed by atoms with E-state index in [-0.39, 0.29) is 0 Å². The molecule has 0 bridgehead atoms. The van der Waals surface area contributed by atoms with Crippen LogP contribution in [0.25, 0.3) is 0 Å². The number of hydrogen-bond acceptors (Lipinski definition) is 4. The molecule has 3 rings (SSSR count). The minimum absolute atomic E-state index is 0.300. The van der Waals surface area contributed by atoms with Crippen LogP contribution in [0.4, 0.5) is 11.4 Å². The molecule has 0 aliphatic carbocycles. The molecular formula is C15H15BrN2O2. The van der Waals surface area contributed by atoms with E-state index in [1.807, 2.05) is 43.4 Å². The van der Waals surface area contributed by atoms with E-state index in [0.29, 0.717) is 6.79 Å². The lowest BCUT2D eigenvalue weighted by Gasteiger charge is -2.21. The van der Waals surface area contributed by atoms with Crippen molar-refractivity contribution in [1.29, 1.82) is 0 Å². The van der Waals surface area contributed by atoms with E-state index in [0.717, 1.165) is 39.5 Å². The summed E-state index contributed by atoms with van der Waals surface area (Å²) in [6, 6.07) is 11.9. The monoisotopic (exact) mass is 334 g/mol. The zero-order valence-electron chi connectivity index (χ0n) is 11.1. The highest BCUT2D eigenvalue weighted by Crippen LogP contribution is 2.33. The molecule has 0 fully saturated rings. The lowest BCUT2D eigenvalue weighted by molar-refractivity contribution is 0.174. The van der Waals surface area contributed by atoms with Gasteiger partial charge in [-0.2, -0.15) is 0 Å². The van der Waals surface area contributed by atoms with Crippen LogP contribution < -0.4 is 20.1 Å². The average Bonchev–Trinajstić information content (AvgIpc) is 2.85. The summed E-state index contributed by atoms with van der Waals surface area (Å²) in [5, 5.41) is 0. The van der Waals surface area contributed by atoms with Crippen LogP contribution in [-0.2, 0) is 6.54 Å². The Bertz CT molecular complexity index is 646. The van der Waals surface area contributed by atoms with Crippen molar-refractivity contribution in [1.82, 2.24) is 0 Å². The summed E-state index contributed by atoms with van der Waals surface area (Å²) < 4.78 is 11.7. The summed E-state index contributed by atoms with van der Waals surface area (Å²) in [6.45, 7) is 1.05. The largest absolute Gasteiger partial charge is 0.454 e. The summed E-state index contributed by atoms with van der Waals surface area (Å²) in [5.41, 5.74) is 8.96. The van der Waals surface area contributed by atoms with Crippen LogP contribution in [0.5, 0.6) is 11.5 Å². The Hall–Kier alpha value is -1.88. The van der Waals surface area contributed by atoms with Gasteiger partial charge in [0.2, 0.25) is 6.79 Å². The van der Waals surface area contributed by atoms with Crippen molar-refractivity contribution in [3.05, 3.63) is 46.4 Å². The number of nitrogen functional groups attached to an aromatic ring is 1. The maximum atomic E-state index is 6.05. The summed E-state index contributed by atoms with van der Waals surface area (Å²) in [5.74, 6) is 1.61. The van der Waals surface area contributed by atoms with Crippen molar-refractivity contribution < 1.29 is 9.47 Å². The summed E-state index contributed by atoms with van der Waals surface area (Å²) in [7, 11) is 2.02. The van der Waals surface area contributed by atoms with Crippen LogP contribution in [0, 0.1) is 0 Å². The molecule has 4 nitrogen and oxygen atoms in total. The lowest BCUT2D eigenvalue weighted by atomic mass is 10.1. The highest BCUT2D eigenvalue weighted by Gasteiger charge is 2.14. The van der Waals surface area contributed by atoms with Gasteiger partial charge in [0.25, 0.3) is 0 Å². The number of nitrogens with two attached hydrogens (primary N) is 1. The molecule has 2 N–H and O–H groups in total. The minimum atomic E-state index is 0.300. The average molecular weight is 335 g/mol. The second-order valence-corrected chi connectivity index (χ2v) is 5.66. The van der Waals surface area contributed by atoms with Gasteiger partial charge in [0, 0.05) is 18.1 Å². The maximum Gasteiger partial charge on any atom is 0.231 e. The SMILES string of the molecule is CN(Cc1ccc2c(c1)OCO2)c1ccc(Br)cc1N. The third-order valence-corrected chi connectivity index (χ3v) is 3.75. The van der Waals surface area contributed by atoms with Crippen molar-refractivity contribution >= 4 is 27.3 Å². The van der Waals surface area contributed by atoms with Crippen LogP contribution in [-0.4, -0.2) is 13.8 Å². The Kier molecular flexibility index (Phi) is 3.44. The maximum absolute atomic E-state index is 6.05. The fourth-order valence-electron chi connectivity index (χ4n) is 2.27. The minimum Gasteiger partial charge on any atom is -0.454 e. The van der Waals surface area contributed by atoms with Gasteiger partial charge in [0.1, 0.15) is 0 Å². The van der Waals surface area contributed by atoms with E-state index in [1.54, 1.807) is 0 Å². The Morgan fingerprint density at radius 3 is 2.75 bits per heavy atom. The van der Waals surface area contributed by atoms with E-state index in [1.165, 1.54) is 0 Å². The smallest absolute Gasteiger partial charge is 0.231 e. The van der Waals surface area contributed by atoms with Crippen LogP contribution in [0.15, 0.2) is 40.9 Å². The zero-order chi connectivity index (χ0) is 14.1. The van der Waals surface area contributed by atoms with Gasteiger partial charge in [-0.1, -0.05) is 22.0 Å². The fourth-order valence-corrected chi connectivity index (χ4v) is 2.65. The van der Waals surface area contributed by atoms with Crippen LogP contribution in [0.2, 0.25) is 0 Å². The van der Waals surface area contributed by atoms with Crippen LogP contribution >= 0.6 is 15.9 Å². The summed E-state index contributed by atoms with van der Waals surface area (Å²) in [6.07, 6.45) is 0. The Balaban J connectivity index is 1.80. The molecule has 0 saturated heterocycles. The van der Waals surface area contributed by atoms with E-state index >= 15 is 0 Å². The molecule has 20 heavy (non-hydrogen) atoms. The van der Waals surface area contributed by atoms with Gasteiger partial charge in [-0.15, -0.1) is 0 Å². The summed E-state index contributed by atoms with van der Waals surface area (Å²) >= 11 is 3.42. The third-order valence-electron chi connectivity index (χ3n) is 3.26. The van der Waals surface area contributed by atoms with Gasteiger partial charge in [-0.05, 0) is 35.9 Å².